The van der Waals surface area contributed by atoms with E-state index in [4.69, 9.17) is 0 Å². The summed E-state index contributed by atoms with van der Waals surface area (Å²) in [5, 5.41) is 11.9. The van der Waals surface area contributed by atoms with E-state index in [1.54, 1.807) is 0 Å². The summed E-state index contributed by atoms with van der Waals surface area (Å²) in [6.07, 6.45) is 6.37. The molecule has 0 saturated heterocycles. The third-order valence-corrected chi connectivity index (χ3v) is 5.22. The number of carbonyl (C=O) groups excluding carboxylic acids is 1. The highest BCUT2D eigenvalue weighted by molar-refractivity contribution is 5.79. The van der Waals surface area contributed by atoms with Crippen molar-refractivity contribution in [2.24, 2.45) is 11.8 Å². The number of aromatic nitrogens is 3. The number of nitrogens with zero attached hydrogens (tertiary/aromatic N) is 3. The van der Waals surface area contributed by atoms with E-state index in [2.05, 4.69) is 40.9 Å². The average Bonchev–Trinajstić information content (AvgIpc) is 2.91. The number of rotatable bonds is 3. The van der Waals surface area contributed by atoms with Crippen molar-refractivity contribution in [1.29, 1.82) is 0 Å². The van der Waals surface area contributed by atoms with Gasteiger partial charge in [0.25, 0.3) is 0 Å². The number of hydrogen-bond donors (Lipinski definition) is 1. The average molecular weight is 304 g/mol. The van der Waals surface area contributed by atoms with Crippen LogP contribution in [0.5, 0.6) is 0 Å². The molecule has 3 rings (SSSR count). The van der Waals surface area contributed by atoms with Crippen molar-refractivity contribution < 1.29 is 4.79 Å². The predicted octanol–water partition coefficient (Wildman–Crippen LogP) is 2.66. The highest BCUT2D eigenvalue weighted by Crippen LogP contribution is 2.29. The van der Waals surface area contributed by atoms with Gasteiger partial charge >= 0.3 is 0 Å². The first-order valence-corrected chi connectivity index (χ1v) is 8.77. The maximum atomic E-state index is 12.5. The number of fused-ring (bicyclic) bond motifs is 1. The molecule has 5 nitrogen and oxygen atoms in total. The molecule has 1 aromatic rings. The molecule has 2 aliphatic rings. The van der Waals surface area contributed by atoms with Gasteiger partial charge in [-0.15, -0.1) is 10.2 Å². The molecular formula is C17H28N4O. The molecule has 2 heterocycles. The third-order valence-electron chi connectivity index (χ3n) is 5.22. The van der Waals surface area contributed by atoms with Crippen molar-refractivity contribution in [3.05, 3.63) is 11.6 Å². The molecule has 0 spiro atoms. The molecule has 122 valence electrons. The van der Waals surface area contributed by atoms with E-state index in [1.165, 1.54) is 12.8 Å². The summed E-state index contributed by atoms with van der Waals surface area (Å²) in [6, 6.07) is 0.229. The fourth-order valence-electron chi connectivity index (χ4n) is 3.73. The zero-order valence-corrected chi connectivity index (χ0v) is 14.0. The van der Waals surface area contributed by atoms with Gasteiger partial charge in [-0.25, -0.2) is 0 Å². The number of carbonyl (C=O) groups is 1. The van der Waals surface area contributed by atoms with Crippen molar-refractivity contribution >= 4 is 5.91 Å². The Morgan fingerprint density at radius 3 is 2.59 bits per heavy atom. The zero-order chi connectivity index (χ0) is 15.7. The van der Waals surface area contributed by atoms with Gasteiger partial charge in [0.05, 0.1) is 0 Å². The van der Waals surface area contributed by atoms with Crippen LogP contribution in [-0.2, 0) is 17.8 Å². The molecule has 1 fully saturated rings. The van der Waals surface area contributed by atoms with Crippen LogP contribution < -0.4 is 5.32 Å². The van der Waals surface area contributed by atoms with Gasteiger partial charge in [-0.3, -0.25) is 4.79 Å². The quantitative estimate of drug-likeness (QED) is 0.934. The van der Waals surface area contributed by atoms with Crippen molar-refractivity contribution in [2.45, 2.75) is 77.8 Å². The van der Waals surface area contributed by atoms with E-state index in [0.29, 0.717) is 5.92 Å². The summed E-state index contributed by atoms with van der Waals surface area (Å²) >= 11 is 0. The van der Waals surface area contributed by atoms with Crippen molar-refractivity contribution in [1.82, 2.24) is 20.1 Å². The van der Waals surface area contributed by atoms with Crippen molar-refractivity contribution in [2.75, 3.05) is 0 Å². The van der Waals surface area contributed by atoms with Gasteiger partial charge in [-0.2, -0.15) is 0 Å². The Labute approximate surface area is 132 Å². The Kier molecular flexibility index (Phi) is 4.50. The molecule has 1 aromatic heterocycles. The monoisotopic (exact) mass is 304 g/mol. The Balaban J connectivity index is 1.60. The van der Waals surface area contributed by atoms with Gasteiger partial charge in [-0.1, -0.05) is 20.8 Å². The summed E-state index contributed by atoms with van der Waals surface area (Å²) in [5.41, 5.74) is 0. The van der Waals surface area contributed by atoms with Crippen LogP contribution in [0, 0.1) is 11.8 Å². The Hall–Kier alpha value is -1.39. The molecule has 1 aliphatic carbocycles. The van der Waals surface area contributed by atoms with E-state index >= 15 is 0 Å². The topological polar surface area (TPSA) is 59.8 Å². The van der Waals surface area contributed by atoms with Crippen molar-refractivity contribution in [3.8, 4) is 0 Å². The standard InChI is InChI=1S/C17H28N4O/c1-11(2)16-20-19-15-9-8-14(10-21(15)16)18-17(22)13-6-4-12(3)5-7-13/h11-14H,4-10H2,1-3H3,(H,18,22). The minimum atomic E-state index is 0.225. The van der Waals surface area contributed by atoms with Gasteiger partial charge in [0.2, 0.25) is 5.91 Å². The number of amides is 1. The molecule has 0 bridgehead atoms. The lowest BCUT2D eigenvalue weighted by molar-refractivity contribution is -0.127. The summed E-state index contributed by atoms with van der Waals surface area (Å²) in [7, 11) is 0. The minimum Gasteiger partial charge on any atom is -0.351 e. The van der Waals surface area contributed by atoms with E-state index in [-0.39, 0.29) is 17.9 Å². The Morgan fingerprint density at radius 2 is 1.91 bits per heavy atom. The summed E-state index contributed by atoms with van der Waals surface area (Å²) < 4.78 is 2.21. The van der Waals surface area contributed by atoms with E-state index in [0.717, 1.165) is 49.8 Å². The predicted molar refractivity (Wildman–Crippen MR) is 85.5 cm³/mol. The molecule has 1 aliphatic heterocycles. The summed E-state index contributed by atoms with van der Waals surface area (Å²) in [5.74, 6) is 3.76. The van der Waals surface area contributed by atoms with Gasteiger partial charge in [0, 0.05) is 30.8 Å². The SMILES string of the molecule is CC1CCC(C(=O)NC2CCc3nnc(C(C)C)n3C2)CC1. The van der Waals surface area contributed by atoms with Crippen LogP contribution in [0.15, 0.2) is 0 Å². The number of hydrogen-bond acceptors (Lipinski definition) is 3. The lowest BCUT2D eigenvalue weighted by atomic mass is 9.82. The summed E-state index contributed by atoms with van der Waals surface area (Å²) in [6.45, 7) is 7.40. The zero-order valence-electron chi connectivity index (χ0n) is 14.0. The number of nitrogens with one attached hydrogen (secondary N) is 1. The van der Waals surface area contributed by atoms with Crippen LogP contribution in [0.2, 0.25) is 0 Å². The lowest BCUT2D eigenvalue weighted by Crippen LogP contribution is -2.44. The molecule has 1 saturated carbocycles. The first-order chi connectivity index (χ1) is 10.5. The van der Waals surface area contributed by atoms with Gasteiger partial charge < -0.3 is 9.88 Å². The fraction of sp³-hybridized carbons (Fsp3) is 0.824. The maximum absolute atomic E-state index is 12.5. The second-order valence-corrected chi connectivity index (χ2v) is 7.44. The largest absolute Gasteiger partial charge is 0.351 e. The molecule has 5 heteroatoms. The van der Waals surface area contributed by atoms with E-state index in [1.807, 2.05) is 0 Å². The summed E-state index contributed by atoms with van der Waals surface area (Å²) in [4.78, 5) is 12.5. The molecular weight excluding hydrogens is 276 g/mol. The van der Waals surface area contributed by atoms with Crippen LogP contribution in [0.25, 0.3) is 0 Å². The maximum Gasteiger partial charge on any atom is 0.223 e. The van der Waals surface area contributed by atoms with Crippen LogP contribution in [0.1, 0.15) is 70.4 Å². The first kappa shape index (κ1) is 15.5. The second kappa shape index (κ2) is 6.39. The molecule has 1 atom stereocenters. The highest BCUT2D eigenvalue weighted by Gasteiger charge is 2.29. The van der Waals surface area contributed by atoms with Crippen molar-refractivity contribution in [3.63, 3.8) is 0 Å². The smallest absolute Gasteiger partial charge is 0.223 e. The first-order valence-electron chi connectivity index (χ1n) is 8.77. The third kappa shape index (κ3) is 3.18. The fourth-order valence-corrected chi connectivity index (χ4v) is 3.73. The van der Waals surface area contributed by atoms with Gasteiger partial charge in [-0.05, 0) is 38.0 Å². The van der Waals surface area contributed by atoms with Crippen LogP contribution in [0.3, 0.4) is 0 Å². The molecule has 1 amide bonds. The van der Waals surface area contributed by atoms with Crippen LogP contribution in [-0.4, -0.2) is 26.7 Å². The molecule has 0 radical (unpaired) electrons. The Bertz CT molecular complexity index is 529. The van der Waals surface area contributed by atoms with E-state index < -0.39 is 0 Å². The highest BCUT2D eigenvalue weighted by atomic mass is 16.1. The number of aryl methyl sites for hydroxylation is 1. The lowest BCUT2D eigenvalue weighted by Gasteiger charge is -2.30. The Morgan fingerprint density at radius 1 is 1.18 bits per heavy atom. The molecule has 0 aromatic carbocycles. The second-order valence-electron chi connectivity index (χ2n) is 7.44. The van der Waals surface area contributed by atoms with Crippen LogP contribution in [0.4, 0.5) is 0 Å². The normalized spacial score (nSPS) is 28.5. The molecule has 1 unspecified atom stereocenters. The van der Waals surface area contributed by atoms with E-state index in [9.17, 15) is 4.79 Å². The molecule has 1 N–H and O–H groups in total. The minimum absolute atomic E-state index is 0.225. The van der Waals surface area contributed by atoms with Crippen LogP contribution >= 0.6 is 0 Å². The molecule has 22 heavy (non-hydrogen) atoms. The van der Waals surface area contributed by atoms with Gasteiger partial charge in [0.1, 0.15) is 11.6 Å². The van der Waals surface area contributed by atoms with Gasteiger partial charge in [0.15, 0.2) is 0 Å².